The number of hydrogen-bond donors (Lipinski definition) is 1. The third-order valence-electron chi connectivity index (χ3n) is 5.80. The van der Waals surface area contributed by atoms with Crippen LogP contribution in [0.1, 0.15) is 27.2 Å². The normalized spacial score (nSPS) is 15.4. The average Bonchev–Trinajstić information content (AvgIpc) is 3.26. The van der Waals surface area contributed by atoms with Gasteiger partial charge in [-0.2, -0.15) is 18.3 Å². The van der Waals surface area contributed by atoms with Gasteiger partial charge in [0.2, 0.25) is 0 Å². The number of rotatable bonds is 6. The van der Waals surface area contributed by atoms with Crippen molar-refractivity contribution in [2.75, 3.05) is 33.2 Å². The summed E-state index contributed by atoms with van der Waals surface area (Å²) in [5, 5.41) is 6.82. The molecule has 1 amide bonds. The number of hydrogen-bond acceptors (Lipinski definition) is 4. The van der Waals surface area contributed by atoms with Crippen LogP contribution < -0.4 is 5.32 Å². The third-order valence-corrected chi connectivity index (χ3v) is 6.05. The van der Waals surface area contributed by atoms with Crippen LogP contribution in [0, 0.1) is 0 Å². The molecule has 1 aliphatic heterocycles. The van der Waals surface area contributed by atoms with E-state index < -0.39 is 23.3 Å². The van der Waals surface area contributed by atoms with Gasteiger partial charge in [-0.1, -0.05) is 35.9 Å². The molecule has 2 aromatic carbocycles. The molecule has 3 aromatic rings. The minimum atomic E-state index is -4.77. The van der Waals surface area contributed by atoms with Gasteiger partial charge in [0.25, 0.3) is 5.91 Å². The van der Waals surface area contributed by atoms with Gasteiger partial charge in [0.1, 0.15) is 0 Å². The van der Waals surface area contributed by atoms with Crippen molar-refractivity contribution in [3.8, 4) is 5.69 Å². The predicted molar refractivity (Wildman–Crippen MR) is 124 cm³/mol. The zero-order chi connectivity index (χ0) is 24.3. The zero-order valence-corrected chi connectivity index (χ0v) is 19.4. The standard InChI is InChI=1S/C24H25ClF3N5O/c1-31-9-11-32(12-10-31)16-18-4-2-3-17(13-18)14-29-23(34)21-15-30-33(22(21)24(26,27)28)20-7-5-19(25)6-8-20/h2-8,13,15H,9-12,14,16H2,1H3,(H,29,34). The highest BCUT2D eigenvalue weighted by molar-refractivity contribution is 6.30. The predicted octanol–water partition coefficient (Wildman–Crippen LogP) is 4.22. The van der Waals surface area contributed by atoms with Crippen molar-refractivity contribution in [2.45, 2.75) is 19.3 Å². The zero-order valence-electron chi connectivity index (χ0n) is 18.6. The highest BCUT2D eigenvalue weighted by atomic mass is 35.5. The Morgan fingerprint density at radius 3 is 2.41 bits per heavy atom. The van der Waals surface area contributed by atoms with E-state index in [-0.39, 0.29) is 12.2 Å². The fraction of sp³-hybridized carbons (Fsp3) is 0.333. The van der Waals surface area contributed by atoms with Crippen molar-refractivity contribution in [1.29, 1.82) is 0 Å². The number of nitrogens with zero attached hydrogens (tertiary/aromatic N) is 4. The Labute approximate surface area is 200 Å². The first-order valence-corrected chi connectivity index (χ1v) is 11.3. The fourth-order valence-corrected chi connectivity index (χ4v) is 4.07. The highest BCUT2D eigenvalue weighted by Gasteiger charge is 2.40. The summed E-state index contributed by atoms with van der Waals surface area (Å²) in [6.07, 6.45) is -3.83. The third kappa shape index (κ3) is 5.78. The van der Waals surface area contributed by atoms with Crippen LogP contribution in [0.25, 0.3) is 5.69 Å². The van der Waals surface area contributed by atoms with E-state index in [1.807, 2.05) is 24.3 Å². The Morgan fingerprint density at radius 2 is 1.74 bits per heavy atom. The summed E-state index contributed by atoms with van der Waals surface area (Å²) in [6, 6.07) is 13.5. The molecule has 1 aromatic heterocycles. The molecule has 10 heteroatoms. The van der Waals surface area contributed by atoms with Crippen LogP contribution in [-0.2, 0) is 19.3 Å². The molecule has 0 saturated carbocycles. The summed E-state index contributed by atoms with van der Waals surface area (Å²) in [5.41, 5.74) is 0.418. The number of alkyl halides is 3. The first-order chi connectivity index (χ1) is 16.2. The monoisotopic (exact) mass is 491 g/mol. The molecular weight excluding hydrogens is 467 g/mol. The number of amides is 1. The molecule has 180 valence electrons. The van der Waals surface area contributed by atoms with E-state index in [2.05, 4.69) is 27.3 Å². The molecule has 0 spiro atoms. The summed E-state index contributed by atoms with van der Waals surface area (Å²) >= 11 is 5.83. The van der Waals surface area contributed by atoms with Gasteiger partial charge in [-0.25, -0.2) is 4.68 Å². The molecule has 1 fully saturated rings. The van der Waals surface area contributed by atoms with E-state index in [4.69, 9.17) is 11.6 Å². The number of carbonyl (C=O) groups is 1. The first-order valence-electron chi connectivity index (χ1n) is 10.9. The number of halogens is 4. The van der Waals surface area contributed by atoms with Crippen LogP contribution in [0.15, 0.2) is 54.7 Å². The van der Waals surface area contributed by atoms with Crippen molar-refractivity contribution in [2.24, 2.45) is 0 Å². The number of nitrogens with one attached hydrogen (secondary N) is 1. The molecule has 0 radical (unpaired) electrons. The number of aromatic nitrogens is 2. The van der Waals surface area contributed by atoms with Crippen LogP contribution in [0.4, 0.5) is 13.2 Å². The minimum absolute atomic E-state index is 0.110. The van der Waals surface area contributed by atoms with E-state index in [9.17, 15) is 18.0 Å². The van der Waals surface area contributed by atoms with Crippen LogP contribution in [0.5, 0.6) is 0 Å². The average molecular weight is 492 g/mol. The Kier molecular flexibility index (Phi) is 7.25. The van der Waals surface area contributed by atoms with E-state index in [0.717, 1.165) is 50.0 Å². The molecule has 2 heterocycles. The van der Waals surface area contributed by atoms with Gasteiger partial charge < -0.3 is 10.2 Å². The molecule has 1 saturated heterocycles. The second kappa shape index (κ2) is 10.2. The van der Waals surface area contributed by atoms with Crippen molar-refractivity contribution in [3.05, 3.63) is 82.1 Å². The molecule has 1 N–H and O–H groups in total. The maximum absolute atomic E-state index is 13.9. The molecule has 4 rings (SSSR count). The first kappa shape index (κ1) is 24.3. The molecule has 6 nitrogen and oxygen atoms in total. The Morgan fingerprint density at radius 1 is 1.06 bits per heavy atom. The van der Waals surface area contributed by atoms with Crippen molar-refractivity contribution in [1.82, 2.24) is 24.9 Å². The molecule has 1 aliphatic rings. The quantitative estimate of drug-likeness (QED) is 0.561. The van der Waals surface area contributed by atoms with Gasteiger partial charge in [-0.05, 0) is 42.4 Å². The van der Waals surface area contributed by atoms with E-state index in [1.165, 1.54) is 24.3 Å². The molecule has 0 aliphatic carbocycles. The van der Waals surface area contributed by atoms with Crippen LogP contribution in [0.2, 0.25) is 5.02 Å². The SMILES string of the molecule is CN1CCN(Cc2cccc(CNC(=O)c3cnn(-c4ccc(Cl)cc4)c3C(F)(F)F)c2)CC1. The second-order valence-electron chi connectivity index (χ2n) is 8.37. The van der Waals surface area contributed by atoms with Gasteiger partial charge in [-0.15, -0.1) is 0 Å². The maximum atomic E-state index is 13.9. The van der Waals surface area contributed by atoms with Crippen LogP contribution in [0.3, 0.4) is 0 Å². The lowest BCUT2D eigenvalue weighted by molar-refractivity contribution is -0.143. The van der Waals surface area contributed by atoms with Crippen LogP contribution >= 0.6 is 11.6 Å². The van der Waals surface area contributed by atoms with Crippen LogP contribution in [-0.4, -0.2) is 58.7 Å². The Hall–Kier alpha value is -2.88. The number of likely N-dealkylation sites (N-methyl/N-ethyl adjacent to an activating group) is 1. The van der Waals surface area contributed by atoms with Gasteiger partial charge in [-0.3, -0.25) is 9.69 Å². The number of piperazine rings is 1. The summed E-state index contributed by atoms with van der Waals surface area (Å²) in [4.78, 5) is 17.4. The Bertz CT molecular complexity index is 1140. The maximum Gasteiger partial charge on any atom is 0.434 e. The largest absolute Gasteiger partial charge is 0.434 e. The van der Waals surface area contributed by atoms with Gasteiger partial charge in [0.15, 0.2) is 5.69 Å². The fourth-order valence-electron chi connectivity index (χ4n) is 3.95. The van der Waals surface area contributed by atoms with Gasteiger partial charge >= 0.3 is 6.18 Å². The lowest BCUT2D eigenvalue weighted by atomic mass is 10.1. The lowest BCUT2D eigenvalue weighted by Crippen LogP contribution is -2.43. The summed E-state index contributed by atoms with van der Waals surface area (Å²) in [7, 11) is 2.10. The topological polar surface area (TPSA) is 53.4 Å². The summed E-state index contributed by atoms with van der Waals surface area (Å²) in [5.74, 6) is -0.836. The van der Waals surface area contributed by atoms with E-state index in [1.54, 1.807) is 0 Å². The molecule has 0 unspecified atom stereocenters. The Balaban J connectivity index is 1.47. The van der Waals surface area contributed by atoms with E-state index in [0.29, 0.717) is 9.70 Å². The molecule has 0 atom stereocenters. The number of carbonyl (C=O) groups excluding carboxylic acids is 1. The highest BCUT2D eigenvalue weighted by Crippen LogP contribution is 2.34. The molecule has 0 bridgehead atoms. The van der Waals surface area contributed by atoms with Crippen molar-refractivity contribution < 1.29 is 18.0 Å². The summed E-state index contributed by atoms with van der Waals surface area (Å²) < 4.78 is 42.3. The molecular formula is C24H25ClF3N5O. The van der Waals surface area contributed by atoms with E-state index >= 15 is 0 Å². The van der Waals surface area contributed by atoms with Gasteiger partial charge in [0, 0.05) is 44.3 Å². The van der Waals surface area contributed by atoms with Gasteiger partial charge in [0.05, 0.1) is 17.4 Å². The minimum Gasteiger partial charge on any atom is -0.348 e. The lowest BCUT2D eigenvalue weighted by Gasteiger charge is -2.32. The summed E-state index contributed by atoms with van der Waals surface area (Å²) in [6.45, 7) is 4.90. The molecule has 34 heavy (non-hydrogen) atoms. The smallest absolute Gasteiger partial charge is 0.348 e. The number of benzene rings is 2. The van der Waals surface area contributed by atoms with Crippen molar-refractivity contribution >= 4 is 17.5 Å². The second-order valence-corrected chi connectivity index (χ2v) is 8.81. The van der Waals surface area contributed by atoms with Crippen molar-refractivity contribution in [3.63, 3.8) is 0 Å².